The van der Waals surface area contributed by atoms with E-state index < -0.39 is 12.1 Å². The number of aryl methyl sites for hydroxylation is 1. The van der Waals surface area contributed by atoms with E-state index in [9.17, 15) is 19.5 Å². The van der Waals surface area contributed by atoms with Gasteiger partial charge in [0.25, 0.3) is 5.91 Å². The third-order valence-corrected chi connectivity index (χ3v) is 6.65. The molecule has 0 saturated heterocycles. The molecule has 3 aromatic rings. The summed E-state index contributed by atoms with van der Waals surface area (Å²) in [4.78, 5) is 50.0. The molecule has 11 nitrogen and oxygen atoms in total. The zero-order valence-electron chi connectivity index (χ0n) is 22.5. The fourth-order valence-electron chi connectivity index (χ4n) is 4.66. The first-order valence-electron chi connectivity index (χ1n) is 13.2. The molecule has 1 aliphatic heterocycles. The first-order valence-corrected chi connectivity index (χ1v) is 13.2. The normalized spacial score (nSPS) is 19.1. The highest BCUT2D eigenvalue weighted by Crippen LogP contribution is 2.22. The summed E-state index contributed by atoms with van der Waals surface area (Å²) in [7, 11) is 0. The van der Waals surface area contributed by atoms with Gasteiger partial charge in [0.2, 0.25) is 11.8 Å². The Kier molecular flexibility index (Phi) is 8.90. The van der Waals surface area contributed by atoms with Crippen molar-refractivity contribution >= 4 is 17.7 Å². The third-order valence-electron chi connectivity index (χ3n) is 6.65. The molecular formula is C28H35N7O4. The van der Waals surface area contributed by atoms with Gasteiger partial charge in [-0.05, 0) is 30.9 Å². The molecule has 206 valence electrons. The van der Waals surface area contributed by atoms with Crippen molar-refractivity contribution in [3.8, 4) is 5.75 Å². The topological polar surface area (TPSA) is 142 Å². The standard InChI is InChI=1S/C28H35N7O4/c1-18(2)25-26-30-19(3)33-35(26)13-12-34(28(39)21-15-22(36)17-29-16-21)11-7-10-24(37)31-23(27(38)32-25)14-20-8-5-4-6-9-20/h4-6,8-9,15-18,23,25,36H,7,10-14H2,1-3H3,(H,31,37)(H,32,38)/t23-,25+/m0/s1. The Hall–Kier alpha value is -4.28. The maximum atomic E-state index is 13.5. The van der Waals surface area contributed by atoms with Crippen LogP contribution in [0.4, 0.5) is 0 Å². The summed E-state index contributed by atoms with van der Waals surface area (Å²) < 4.78 is 1.73. The first kappa shape index (κ1) is 27.7. The molecule has 0 fully saturated rings. The van der Waals surface area contributed by atoms with Crippen molar-refractivity contribution in [1.82, 2.24) is 35.3 Å². The molecule has 3 N–H and O–H groups in total. The Morgan fingerprint density at radius 3 is 2.59 bits per heavy atom. The number of rotatable bonds is 4. The minimum Gasteiger partial charge on any atom is -0.506 e. The molecule has 0 radical (unpaired) electrons. The number of aromatic hydroxyl groups is 1. The molecule has 2 atom stereocenters. The van der Waals surface area contributed by atoms with Crippen LogP contribution in [-0.2, 0) is 22.6 Å². The van der Waals surface area contributed by atoms with E-state index in [2.05, 4.69) is 25.7 Å². The first-order chi connectivity index (χ1) is 18.7. The lowest BCUT2D eigenvalue weighted by atomic mass is 10.0. The van der Waals surface area contributed by atoms with Crippen LogP contribution >= 0.6 is 0 Å². The van der Waals surface area contributed by atoms with Crippen LogP contribution in [0.3, 0.4) is 0 Å². The summed E-state index contributed by atoms with van der Waals surface area (Å²) in [5, 5.41) is 20.4. The molecule has 39 heavy (non-hydrogen) atoms. The lowest BCUT2D eigenvalue weighted by molar-refractivity contribution is -0.129. The number of pyridine rings is 1. The van der Waals surface area contributed by atoms with Gasteiger partial charge in [-0.15, -0.1) is 0 Å². The number of hydrogen-bond acceptors (Lipinski definition) is 7. The van der Waals surface area contributed by atoms with Crippen LogP contribution in [0.5, 0.6) is 5.75 Å². The number of amides is 3. The Morgan fingerprint density at radius 1 is 1.10 bits per heavy atom. The van der Waals surface area contributed by atoms with Gasteiger partial charge in [0.1, 0.15) is 23.4 Å². The Morgan fingerprint density at radius 2 is 1.87 bits per heavy atom. The number of nitrogens with one attached hydrogen (secondary N) is 2. The second kappa shape index (κ2) is 12.5. The van der Waals surface area contributed by atoms with E-state index in [1.54, 1.807) is 16.5 Å². The highest BCUT2D eigenvalue weighted by atomic mass is 16.3. The van der Waals surface area contributed by atoms with Gasteiger partial charge >= 0.3 is 0 Å². The lowest BCUT2D eigenvalue weighted by Gasteiger charge is -2.28. The highest BCUT2D eigenvalue weighted by Gasteiger charge is 2.30. The average Bonchev–Trinajstić information content (AvgIpc) is 3.28. The summed E-state index contributed by atoms with van der Waals surface area (Å²) in [6, 6.07) is 9.67. The van der Waals surface area contributed by atoms with Gasteiger partial charge in [-0.25, -0.2) is 9.67 Å². The van der Waals surface area contributed by atoms with Gasteiger partial charge in [0, 0.05) is 32.1 Å². The second-order valence-corrected chi connectivity index (χ2v) is 10.1. The summed E-state index contributed by atoms with van der Waals surface area (Å²) in [5.74, 6) is 0.158. The van der Waals surface area contributed by atoms with Crippen LogP contribution in [0, 0.1) is 12.8 Å². The maximum absolute atomic E-state index is 13.5. The molecule has 0 spiro atoms. The third kappa shape index (κ3) is 7.18. The van der Waals surface area contributed by atoms with E-state index in [0.717, 1.165) is 5.56 Å². The predicted molar refractivity (Wildman–Crippen MR) is 144 cm³/mol. The molecule has 4 rings (SSSR count). The Bertz CT molecular complexity index is 1310. The van der Waals surface area contributed by atoms with Gasteiger partial charge in [0.15, 0.2) is 0 Å². The van der Waals surface area contributed by atoms with Crippen molar-refractivity contribution in [2.24, 2.45) is 5.92 Å². The van der Waals surface area contributed by atoms with Crippen molar-refractivity contribution in [3.63, 3.8) is 0 Å². The smallest absolute Gasteiger partial charge is 0.255 e. The molecule has 0 bridgehead atoms. The summed E-state index contributed by atoms with van der Waals surface area (Å²) in [6.45, 7) is 6.69. The van der Waals surface area contributed by atoms with E-state index in [-0.39, 0.29) is 41.4 Å². The predicted octanol–water partition coefficient (Wildman–Crippen LogP) is 2.16. The van der Waals surface area contributed by atoms with Crippen LogP contribution in [0.15, 0.2) is 48.8 Å². The summed E-state index contributed by atoms with van der Waals surface area (Å²) >= 11 is 0. The zero-order chi connectivity index (χ0) is 27.9. The van der Waals surface area contributed by atoms with Crippen molar-refractivity contribution in [3.05, 3.63) is 71.6 Å². The number of hydrogen-bond donors (Lipinski definition) is 3. The fourth-order valence-corrected chi connectivity index (χ4v) is 4.66. The molecule has 0 unspecified atom stereocenters. The van der Waals surface area contributed by atoms with Gasteiger partial charge in [0.05, 0.1) is 24.3 Å². The Labute approximate surface area is 227 Å². The van der Waals surface area contributed by atoms with E-state index in [4.69, 9.17) is 0 Å². The molecule has 0 saturated carbocycles. The van der Waals surface area contributed by atoms with Crippen molar-refractivity contribution in [2.75, 3.05) is 13.1 Å². The quantitative estimate of drug-likeness (QED) is 0.466. The van der Waals surface area contributed by atoms with Crippen LogP contribution in [0.2, 0.25) is 0 Å². The van der Waals surface area contributed by atoms with Crippen LogP contribution in [-0.4, -0.2) is 66.6 Å². The SMILES string of the molecule is Cc1nc2n(n1)CCN(C(=O)c1cncc(O)c1)CCCC(=O)N[C@@H](Cc1ccccc1)C(=O)N[C@@H]2C(C)C. The van der Waals surface area contributed by atoms with E-state index in [0.29, 0.717) is 44.1 Å². The molecule has 0 aliphatic carbocycles. The average molecular weight is 534 g/mol. The molecule has 1 aromatic carbocycles. The number of carbonyl (C=O) groups excluding carboxylic acids is 3. The van der Waals surface area contributed by atoms with E-state index in [1.807, 2.05) is 44.2 Å². The minimum absolute atomic E-state index is 0.0200. The fraction of sp³-hybridized carbons (Fsp3) is 0.429. The van der Waals surface area contributed by atoms with E-state index >= 15 is 0 Å². The monoisotopic (exact) mass is 533 g/mol. The molecule has 11 heteroatoms. The molecule has 3 heterocycles. The van der Waals surface area contributed by atoms with Gasteiger partial charge in [-0.1, -0.05) is 44.2 Å². The van der Waals surface area contributed by atoms with Crippen LogP contribution in [0.1, 0.15) is 60.3 Å². The van der Waals surface area contributed by atoms with Crippen LogP contribution < -0.4 is 10.6 Å². The van der Waals surface area contributed by atoms with Crippen molar-refractivity contribution in [1.29, 1.82) is 0 Å². The Balaban J connectivity index is 1.66. The van der Waals surface area contributed by atoms with Crippen molar-refractivity contribution in [2.45, 2.75) is 58.7 Å². The van der Waals surface area contributed by atoms with Gasteiger partial charge in [-0.2, -0.15) is 5.10 Å². The largest absolute Gasteiger partial charge is 0.506 e. The van der Waals surface area contributed by atoms with Gasteiger partial charge < -0.3 is 20.6 Å². The summed E-state index contributed by atoms with van der Waals surface area (Å²) in [5.41, 5.74) is 1.18. The second-order valence-electron chi connectivity index (χ2n) is 10.1. The maximum Gasteiger partial charge on any atom is 0.255 e. The van der Waals surface area contributed by atoms with Crippen molar-refractivity contribution < 1.29 is 19.5 Å². The van der Waals surface area contributed by atoms with Crippen LogP contribution in [0.25, 0.3) is 0 Å². The lowest BCUT2D eigenvalue weighted by Crippen LogP contribution is -2.50. The van der Waals surface area contributed by atoms with Gasteiger partial charge in [-0.3, -0.25) is 19.4 Å². The number of fused-ring (bicyclic) bond motifs is 1. The molecule has 2 aromatic heterocycles. The summed E-state index contributed by atoms with van der Waals surface area (Å²) in [6.07, 6.45) is 3.54. The minimum atomic E-state index is -0.780. The number of benzene rings is 1. The number of nitrogens with zero attached hydrogens (tertiary/aromatic N) is 5. The highest BCUT2D eigenvalue weighted by molar-refractivity contribution is 5.94. The zero-order valence-corrected chi connectivity index (χ0v) is 22.5. The molecule has 3 amide bonds. The number of carbonyl (C=O) groups is 3. The molecular weight excluding hydrogens is 498 g/mol. The van der Waals surface area contributed by atoms with E-state index in [1.165, 1.54) is 18.5 Å². The molecule has 1 aliphatic rings. The number of aromatic nitrogens is 4.